The minimum absolute atomic E-state index is 0.255. The zero-order chi connectivity index (χ0) is 32.6. The van der Waals surface area contributed by atoms with Crippen LogP contribution in [0.5, 0.6) is 17.2 Å². The number of urea groups is 1. The predicted molar refractivity (Wildman–Crippen MR) is 180 cm³/mol. The molecule has 3 aromatic heterocycles. The number of fused-ring (bicyclic) bond motifs is 3. The van der Waals surface area contributed by atoms with Crippen LogP contribution in [0.2, 0.25) is 5.02 Å². The van der Waals surface area contributed by atoms with Gasteiger partial charge in [-0.15, -0.1) is 0 Å². The number of thiazole rings is 1. The summed E-state index contributed by atoms with van der Waals surface area (Å²) in [7, 11) is 1.55. The van der Waals surface area contributed by atoms with E-state index in [2.05, 4.69) is 15.6 Å². The summed E-state index contributed by atoms with van der Waals surface area (Å²) in [5.41, 5.74) is 3.01. The fraction of sp³-hybridized carbons (Fsp3) is 0.212. The number of ether oxygens (including phenoxy) is 3. The first-order valence-electron chi connectivity index (χ1n) is 14.4. The monoisotopic (exact) mass is 658 g/mol. The van der Waals surface area contributed by atoms with Crippen molar-refractivity contribution in [2.75, 3.05) is 24.4 Å². The maximum atomic E-state index is 13.1. The largest absolute Gasteiger partial charge is 0.495 e. The first kappa shape index (κ1) is 30.9. The Morgan fingerprint density at radius 3 is 2.43 bits per heavy atom. The van der Waals surface area contributed by atoms with Crippen LogP contribution >= 0.6 is 22.9 Å². The summed E-state index contributed by atoms with van der Waals surface area (Å²) in [5, 5.41) is 10.9. The van der Waals surface area contributed by atoms with E-state index in [1.54, 1.807) is 59.5 Å². The Hall–Kier alpha value is -5.07. The highest BCUT2D eigenvalue weighted by molar-refractivity contribution is 7.23. The Bertz CT molecular complexity index is 2080. The second-order valence-corrected chi connectivity index (χ2v) is 12.7. The van der Waals surface area contributed by atoms with E-state index in [-0.39, 0.29) is 12.0 Å². The maximum absolute atomic E-state index is 13.1. The van der Waals surface area contributed by atoms with Crippen LogP contribution in [0.1, 0.15) is 43.9 Å². The molecule has 236 valence electrons. The highest BCUT2D eigenvalue weighted by Gasteiger charge is 2.22. The number of imidazole rings is 1. The SMILES string of the molecule is CCOC(=O)c1cnc2sc3cc(Oc4ccc(NC(=O)Nc5cc(C(C)(C)C)nn5-c5ccc(OC)c(Cl)c5)cc4)ccc3n12. The molecule has 6 aromatic rings. The van der Waals surface area contributed by atoms with Crippen LogP contribution in [0.25, 0.3) is 20.9 Å². The molecule has 0 saturated heterocycles. The number of halogens is 1. The van der Waals surface area contributed by atoms with E-state index >= 15 is 0 Å². The molecule has 3 aromatic carbocycles. The molecule has 0 atom stereocenters. The molecule has 0 aliphatic rings. The number of esters is 1. The van der Waals surface area contributed by atoms with Gasteiger partial charge in [0, 0.05) is 23.2 Å². The number of amides is 2. The van der Waals surface area contributed by atoms with Gasteiger partial charge in [-0.05, 0) is 61.5 Å². The number of anilines is 2. The summed E-state index contributed by atoms with van der Waals surface area (Å²) in [5.74, 6) is 1.81. The highest BCUT2D eigenvalue weighted by Crippen LogP contribution is 2.33. The number of aromatic nitrogens is 4. The van der Waals surface area contributed by atoms with Crippen molar-refractivity contribution in [1.29, 1.82) is 0 Å². The van der Waals surface area contributed by atoms with E-state index in [9.17, 15) is 9.59 Å². The summed E-state index contributed by atoms with van der Waals surface area (Å²) in [6.45, 7) is 8.20. The Balaban J connectivity index is 1.15. The summed E-state index contributed by atoms with van der Waals surface area (Å²) >= 11 is 7.82. The second kappa shape index (κ2) is 12.4. The van der Waals surface area contributed by atoms with Gasteiger partial charge >= 0.3 is 12.0 Å². The lowest BCUT2D eigenvalue weighted by Crippen LogP contribution is -2.21. The number of hydrogen-bond donors (Lipinski definition) is 2. The molecule has 13 heteroatoms. The van der Waals surface area contributed by atoms with Gasteiger partial charge < -0.3 is 19.5 Å². The third-order valence-electron chi connectivity index (χ3n) is 7.03. The summed E-state index contributed by atoms with van der Waals surface area (Å²) < 4.78 is 20.9. The Morgan fingerprint density at radius 1 is 0.978 bits per heavy atom. The predicted octanol–water partition coefficient (Wildman–Crippen LogP) is 8.31. The Kier molecular flexibility index (Phi) is 8.32. The standard InChI is InChI=1S/C33H31ClN6O5S/c1-6-44-30(41)25-18-35-32-39(25)24-13-12-22(16-27(24)46-32)45-21-10-7-19(8-11-21)36-31(42)37-29-17-28(33(2,3)4)38-40(29)20-9-14-26(43-5)23(34)15-20/h7-18H,6H2,1-5H3,(H2,36,37,42). The van der Waals surface area contributed by atoms with Crippen LogP contribution in [0.4, 0.5) is 16.3 Å². The molecule has 2 N–H and O–H groups in total. The number of methoxy groups -OCH3 is 1. The third-order valence-corrected chi connectivity index (χ3v) is 8.35. The van der Waals surface area contributed by atoms with Gasteiger partial charge in [0.1, 0.15) is 23.1 Å². The molecule has 0 saturated carbocycles. The van der Waals surface area contributed by atoms with Gasteiger partial charge in [-0.25, -0.2) is 19.3 Å². The normalized spacial score (nSPS) is 11.5. The van der Waals surface area contributed by atoms with Gasteiger partial charge in [-0.3, -0.25) is 9.72 Å². The number of nitrogens with zero attached hydrogens (tertiary/aromatic N) is 4. The second-order valence-electron chi connectivity index (χ2n) is 11.3. The van der Waals surface area contributed by atoms with Crippen LogP contribution in [0.15, 0.2) is 72.9 Å². The summed E-state index contributed by atoms with van der Waals surface area (Å²) in [6.07, 6.45) is 1.53. The van der Waals surface area contributed by atoms with Gasteiger partial charge in [-0.2, -0.15) is 5.10 Å². The van der Waals surface area contributed by atoms with Crippen molar-refractivity contribution in [3.8, 4) is 22.9 Å². The molecule has 2 amide bonds. The van der Waals surface area contributed by atoms with Gasteiger partial charge in [0.15, 0.2) is 10.7 Å². The van der Waals surface area contributed by atoms with Crippen molar-refractivity contribution in [2.24, 2.45) is 0 Å². The number of nitrogens with one attached hydrogen (secondary N) is 2. The summed E-state index contributed by atoms with van der Waals surface area (Å²) in [6, 6.07) is 19.3. The molecular weight excluding hydrogens is 628 g/mol. The average Bonchev–Trinajstić information content (AvgIpc) is 3.72. The molecule has 11 nitrogen and oxygen atoms in total. The van der Waals surface area contributed by atoms with Crippen molar-refractivity contribution in [1.82, 2.24) is 19.2 Å². The molecule has 6 rings (SSSR count). The number of benzene rings is 3. The lowest BCUT2D eigenvalue weighted by molar-refractivity contribution is 0.0518. The smallest absolute Gasteiger partial charge is 0.357 e. The molecule has 3 heterocycles. The van der Waals surface area contributed by atoms with E-state index in [0.29, 0.717) is 50.1 Å². The van der Waals surface area contributed by atoms with Gasteiger partial charge in [-0.1, -0.05) is 43.7 Å². The van der Waals surface area contributed by atoms with Crippen molar-refractivity contribution < 1.29 is 23.8 Å². The molecule has 0 radical (unpaired) electrons. The van der Waals surface area contributed by atoms with E-state index < -0.39 is 12.0 Å². The van der Waals surface area contributed by atoms with Crippen LogP contribution in [-0.2, 0) is 10.2 Å². The van der Waals surface area contributed by atoms with Crippen molar-refractivity contribution in [3.05, 3.63) is 89.3 Å². The summed E-state index contributed by atoms with van der Waals surface area (Å²) in [4.78, 5) is 30.5. The molecular formula is C33H31ClN6O5S. The molecule has 0 aliphatic heterocycles. The minimum Gasteiger partial charge on any atom is -0.495 e. The molecule has 46 heavy (non-hydrogen) atoms. The van der Waals surface area contributed by atoms with Crippen LogP contribution in [0.3, 0.4) is 0 Å². The lowest BCUT2D eigenvalue weighted by Gasteiger charge is -2.14. The van der Waals surface area contributed by atoms with Crippen LogP contribution < -0.4 is 20.1 Å². The molecule has 0 bridgehead atoms. The number of carbonyl (C=O) groups excluding carboxylic acids is 2. The van der Waals surface area contributed by atoms with E-state index in [0.717, 1.165) is 15.9 Å². The zero-order valence-electron chi connectivity index (χ0n) is 25.8. The molecule has 0 fully saturated rings. The fourth-order valence-corrected chi connectivity index (χ4v) is 6.03. The van der Waals surface area contributed by atoms with E-state index in [4.69, 9.17) is 30.9 Å². The Labute approximate surface area is 273 Å². The van der Waals surface area contributed by atoms with Crippen LogP contribution in [0, 0.1) is 0 Å². The Morgan fingerprint density at radius 2 is 1.74 bits per heavy atom. The number of hydrogen-bond acceptors (Lipinski definition) is 8. The van der Waals surface area contributed by atoms with Gasteiger partial charge in [0.2, 0.25) is 0 Å². The zero-order valence-corrected chi connectivity index (χ0v) is 27.3. The third kappa shape index (κ3) is 6.22. The van der Waals surface area contributed by atoms with Crippen LogP contribution in [-0.4, -0.2) is 44.9 Å². The molecule has 0 unspecified atom stereocenters. The fourth-order valence-electron chi connectivity index (χ4n) is 4.75. The quantitative estimate of drug-likeness (QED) is 0.158. The molecule has 0 aliphatic carbocycles. The van der Waals surface area contributed by atoms with Crippen molar-refractivity contribution in [2.45, 2.75) is 33.1 Å². The number of rotatable bonds is 8. The maximum Gasteiger partial charge on any atom is 0.357 e. The lowest BCUT2D eigenvalue weighted by atomic mass is 9.92. The van der Waals surface area contributed by atoms with E-state index in [1.165, 1.54) is 17.5 Å². The van der Waals surface area contributed by atoms with E-state index in [1.807, 2.05) is 51.1 Å². The van der Waals surface area contributed by atoms with Crippen molar-refractivity contribution in [3.63, 3.8) is 0 Å². The first-order chi connectivity index (χ1) is 22.0. The minimum atomic E-state index is -0.440. The average molecular weight is 659 g/mol. The van der Waals surface area contributed by atoms with Crippen molar-refractivity contribution >= 4 is 61.6 Å². The number of carbonyl (C=O) groups is 2. The van der Waals surface area contributed by atoms with Gasteiger partial charge in [0.25, 0.3) is 0 Å². The first-order valence-corrected chi connectivity index (χ1v) is 15.6. The topological polar surface area (TPSA) is 121 Å². The van der Waals surface area contributed by atoms with Gasteiger partial charge in [0.05, 0.1) is 46.5 Å². The highest BCUT2D eigenvalue weighted by atomic mass is 35.5. The molecule has 0 spiro atoms.